The van der Waals surface area contributed by atoms with Crippen LogP contribution in [0.4, 0.5) is 10.1 Å². The summed E-state index contributed by atoms with van der Waals surface area (Å²) in [6, 6.07) is 27.2. The summed E-state index contributed by atoms with van der Waals surface area (Å²) in [4.78, 5) is 18.0. The van der Waals surface area contributed by atoms with E-state index in [2.05, 4.69) is 10.1 Å². The van der Waals surface area contributed by atoms with Crippen molar-refractivity contribution >= 4 is 23.4 Å². The van der Waals surface area contributed by atoms with Crippen LogP contribution in [0.3, 0.4) is 0 Å². The van der Waals surface area contributed by atoms with E-state index in [-0.39, 0.29) is 11.7 Å². The number of hydrogen-bond donors (Lipinski definition) is 0. The van der Waals surface area contributed by atoms with Crippen LogP contribution < -0.4 is 9.75 Å². The van der Waals surface area contributed by atoms with E-state index >= 15 is 0 Å². The Balaban J connectivity index is 1.51. The molecular weight excluding hydrogens is 505 g/mol. The number of hydrogen-bond acceptors (Lipinski definition) is 5. The first kappa shape index (κ1) is 24.9. The number of pyridine rings is 1. The predicted molar refractivity (Wildman–Crippen MR) is 153 cm³/mol. The zero-order valence-corrected chi connectivity index (χ0v) is 21.6. The first-order chi connectivity index (χ1) is 19.6. The summed E-state index contributed by atoms with van der Waals surface area (Å²) >= 11 is 0. The average Bonchev–Trinajstić information content (AvgIpc) is 3.57. The Kier molecular flexibility index (Phi) is 6.72. The van der Waals surface area contributed by atoms with Crippen molar-refractivity contribution in [2.24, 2.45) is 5.10 Å². The minimum atomic E-state index is -0.489. The molecule has 40 heavy (non-hydrogen) atoms. The number of carbonyl (C=O) groups excluding carboxylic acids is 1. The SMILES string of the molecule is CCOc1ccc(-c2nn(-c3ccccc3)cc2/C=C2\C(=O)N(c3ccccc3)N=C2c2cccnc2)cc1F. The van der Waals surface area contributed by atoms with Crippen LogP contribution in [0.5, 0.6) is 5.75 Å². The molecule has 0 spiro atoms. The van der Waals surface area contributed by atoms with Crippen molar-refractivity contribution in [3.05, 3.63) is 132 Å². The minimum absolute atomic E-state index is 0.170. The molecule has 2 aromatic heterocycles. The number of aromatic nitrogens is 3. The molecular formula is C32H24FN5O2. The van der Waals surface area contributed by atoms with Crippen LogP contribution >= 0.6 is 0 Å². The number of para-hydroxylation sites is 2. The third-order valence-electron chi connectivity index (χ3n) is 6.38. The van der Waals surface area contributed by atoms with Crippen molar-refractivity contribution in [3.63, 3.8) is 0 Å². The smallest absolute Gasteiger partial charge is 0.281 e. The highest BCUT2D eigenvalue weighted by molar-refractivity contribution is 6.37. The molecule has 0 fully saturated rings. The van der Waals surface area contributed by atoms with Gasteiger partial charge in [0.15, 0.2) is 11.6 Å². The van der Waals surface area contributed by atoms with E-state index in [0.717, 1.165) is 5.69 Å². The van der Waals surface area contributed by atoms with E-state index in [1.807, 2.05) is 72.9 Å². The number of rotatable bonds is 7. The zero-order chi connectivity index (χ0) is 27.5. The van der Waals surface area contributed by atoms with Crippen molar-refractivity contribution in [1.82, 2.24) is 14.8 Å². The first-order valence-electron chi connectivity index (χ1n) is 12.8. The molecule has 0 saturated carbocycles. The Morgan fingerprint density at radius 1 is 0.900 bits per heavy atom. The van der Waals surface area contributed by atoms with Crippen molar-refractivity contribution in [1.29, 1.82) is 0 Å². The summed E-state index contributed by atoms with van der Waals surface area (Å²) in [5.41, 5.74) is 4.71. The number of hydrazone groups is 1. The van der Waals surface area contributed by atoms with E-state index in [1.165, 1.54) is 11.1 Å². The Labute approximate surface area is 230 Å². The van der Waals surface area contributed by atoms with Crippen molar-refractivity contribution in [2.45, 2.75) is 6.92 Å². The van der Waals surface area contributed by atoms with Gasteiger partial charge in [-0.15, -0.1) is 0 Å². The summed E-state index contributed by atoms with van der Waals surface area (Å²) in [6.45, 7) is 2.16. The van der Waals surface area contributed by atoms with Crippen LogP contribution in [0.25, 0.3) is 23.0 Å². The summed E-state index contributed by atoms with van der Waals surface area (Å²) in [5, 5.41) is 10.9. The number of carbonyl (C=O) groups is 1. The Hall–Kier alpha value is -5.37. The van der Waals surface area contributed by atoms with Gasteiger partial charge < -0.3 is 4.74 Å². The van der Waals surface area contributed by atoms with Crippen molar-refractivity contribution in [3.8, 4) is 22.7 Å². The highest BCUT2D eigenvalue weighted by Crippen LogP contribution is 2.32. The topological polar surface area (TPSA) is 72.6 Å². The molecule has 1 aliphatic heterocycles. The molecule has 0 radical (unpaired) electrons. The number of anilines is 1. The molecule has 5 aromatic rings. The lowest BCUT2D eigenvalue weighted by Crippen LogP contribution is -2.21. The summed E-state index contributed by atoms with van der Waals surface area (Å²) in [5.74, 6) is -0.609. The van der Waals surface area contributed by atoms with E-state index in [4.69, 9.17) is 9.84 Å². The molecule has 8 heteroatoms. The molecule has 0 unspecified atom stereocenters. The van der Waals surface area contributed by atoms with Gasteiger partial charge in [0.2, 0.25) is 0 Å². The van der Waals surface area contributed by atoms with Gasteiger partial charge in [0.1, 0.15) is 11.4 Å². The third-order valence-corrected chi connectivity index (χ3v) is 6.38. The van der Waals surface area contributed by atoms with Crippen LogP contribution in [-0.2, 0) is 4.79 Å². The van der Waals surface area contributed by atoms with Crippen LogP contribution in [-0.4, -0.2) is 33.0 Å². The maximum atomic E-state index is 14.9. The molecule has 6 rings (SSSR count). The van der Waals surface area contributed by atoms with Gasteiger partial charge in [-0.25, -0.2) is 9.07 Å². The number of amides is 1. The van der Waals surface area contributed by atoms with E-state index in [0.29, 0.717) is 46.0 Å². The number of halogens is 1. The predicted octanol–water partition coefficient (Wildman–Crippen LogP) is 6.31. The van der Waals surface area contributed by atoms with Gasteiger partial charge in [-0.1, -0.05) is 36.4 Å². The second kappa shape index (κ2) is 10.8. The van der Waals surface area contributed by atoms with Crippen molar-refractivity contribution in [2.75, 3.05) is 11.6 Å². The fraction of sp³-hybridized carbons (Fsp3) is 0.0625. The van der Waals surface area contributed by atoms with Gasteiger partial charge in [0.25, 0.3) is 5.91 Å². The maximum absolute atomic E-state index is 14.9. The Morgan fingerprint density at radius 2 is 1.65 bits per heavy atom. The molecule has 1 aliphatic rings. The molecule has 3 aromatic carbocycles. The van der Waals surface area contributed by atoms with Crippen LogP contribution in [0.1, 0.15) is 18.1 Å². The summed E-state index contributed by atoms with van der Waals surface area (Å²) in [6.07, 6.45) is 6.92. The van der Waals surface area contributed by atoms with Crippen LogP contribution in [0.15, 0.2) is 120 Å². The molecule has 3 heterocycles. The highest BCUT2D eigenvalue weighted by atomic mass is 19.1. The van der Waals surface area contributed by atoms with Crippen molar-refractivity contribution < 1.29 is 13.9 Å². The molecule has 0 saturated heterocycles. The van der Waals surface area contributed by atoms with E-state index in [1.54, 1.807) is 48.3 Å². The van der Waals surface area contributed by atoms with Gasteiger partial charge in [-0.3, -0.25) is 9.78 Å². The summed E-state index contributed by atoms with van der Waals surface area (Å²) in [7, 11) is 0. The standard InChI is InChI=1S/C32H24FN5O2/c1-2-40-29-16-15-22(19-28(29)33)30-24(21-37(35-30)25-11-5-3-6-12-25)18-27-31(23-10-9-17-34-20-23)36-38(32(27)39)26-13-7-4-8-14-26/h3-21H,2H2,1H3/b27-18-. The lowest BCUT2D eigenvalue weighted by Gasteiger charge is -2.11. The monoisotopic (exact) mass is 529 g/mol. The lowest BCUT2D eigenvalue weighted by atomic mass is 10.00. The Morgan fingerprint density at radius 3 is 2.33 bits per heavy atom. The highest BCUT2D eigenvalue weighted by Gasteiger charge is 2.32. The molecule has 0 aliphatic carbocycles. The third kappa shape index (κ3) is 4.78. The molecule has 0 atom stereocenters. The number of benzene rings is 3. The van der Waals surface area contributed by atoms with Gasteiger partial charge in [0.05, 0.1) is 23.6 Å². The fourth-order valence-corrected chi connectivity index (χ4v) is 4.51. The van der Waals surface area contributed by atoms with Gasteiger partial charge in [-0.2, -0.15) is 15.2 Å². The van der Waals surface area contributed by atoms with E-state index < -0.39 is 5.82 Å². The van der Waals surface area contributed by atoms with Crippen LogP contribution in [0, 0.1) is 5.82 Å². The fourth-order valence-electron chi connectivity index (χ4n) is 4.51. The summed E-state index contributed by atoms with van der Waals surface area (Å²) < 4.78 is 22.0. The maximum Gasteiger partial charge on any atom is 0.281 e. The average molecular weight is 530 g/mol. The largest absolute Gasteiger partial charge is 0.491 e. The van der Waals surface area contributed by atoms with Gasteiger partial charge in [-0.05, 0) is 67.6 Å². The molecule has 0 N–H and O–H groups in total. The second-order valence-corrected chi connectivity index (χ2v) is 8.99. The number of ether oxygens (including phenoxy) is 1. The zero-order valence-electron chi connectivity index (χ0n) is 21.6. The molecule has 1 amide bonds. The Bertz CT molecular complexity index is 1730. The van der Waals surface area contributed by atoms with Crippen LogP contribution in [0.2, 0.25) is 0 Å². The lowest BCUT2D eigenvalue weighted by molar-refractivity contribution is -0.114. The van der Waals surface area contributed by atoms with Gasteiger partial charge in [0, 0.05) is 35.3 Å². The molecule has 7 nitrogen and oxygen atoms in total. The molecule has 196 valence electrons. The molecule has 0 bridgehead atoms. The minimum Gasteiger partial charge on any atom is -0.491 e. The van der Waals surface area contributed by atoms with E-state index in [9.17, 15) is 9.18 Å². The second-order valence-electron chi connectivity index (χ2n) is 8.99. The quantitative estimate of drug-likeness (QED) is 0.232. The first-order valence-corrected chi connectivity index (χ1v) is 12.8. The van der Waals surface area contributed by atoms with Gasteiger partial charge >= 0.3 is 0 Å². The normalized spacial score (nSPS) is 14.1. The number of nitrogens with zero attached hydrogens (tertiary/aromatic N) is 5.